The van der Waals surface area contributed by atoms with E-state index >= 15 is 0 Å². The third kappa shape index (κ3) is 3.15. The summed E-state index contributed by atoms with van der Waals surface area (Å²) in [7, 11) is 1.49. The molecule has 0 atom stereocenters. The van der Waals surface area contributed by atoms with E-state index in [1.54, 1.807) is 18.2 Å². The highest BCUT2D eigenvalue weighted by atomic mass is 79.9. The molecule has 2 aromatic rings. The Morgan fingerprint density at radius 1 is 1.38 bits per heavy atom. The second kappa shape index (κ2) is 7.05. The maximum absolute atomic E-state index is 9.97. The van der Waals surface area contributed by atoms with E-state index in [1.807, 2.05) is 4.57 Å². The van der Waals surface area contributed by atoms with Crippen LogP contribution < -0.4 is 4.74 Å². The first kappa shape index (κ1) is 16.5. The largest absolute Gasteiger partial charge is 0.504 e. The molecule has 1 aliphatic heterocycles. The summed E-state index contributed by atoms with van der Waals surface area (Å²) in [5, 5.41) is 28.0. The number of allylic oxidation sites excluding steroid dienone is 1. The number of hydrogen-bond acceptors (Lipinski definition) is 5. The van der Waals surface area contributed by atoms with Crippen LogP contribution >= 0.6 is 15.9 Å². The van der Waals surface area contributed by atoms with E-state index in [0.29, 0.717) is 22.7 Å². The van der Waals surface area contributed by atoms with Gasteiger partial charge < -0.3 is 14.4 Å². The van der Waals surface area contributed by atoms with Gasteiger partial charge in [-0.3, -0.25) is 0 Å². The van der Waals surface area contributed by atoms with Gasteiger partial charge in [0.1, 0.15) is 11.9 Å². The molecule has 24 heavy (non-hydrogen) atoms. The second-order valence-electron chi connectivity index (χ2n) is 5.62. The average molecular weight is 389 g/mol. The van der Waals surface area contributed by atoms with Crippen molar-refractivity contribution in [1.29, 1.82) is 5.26 Å². The van der Waals surface area contributed by atoms with Crippen LogP contribution in [0.2, 0.25) is 0 Å². The van der Waals surface area contributed by atoms with Gasteiger partial charge in [0, 0.05) is 17.4 Å². The monoisotopic (exact) mass is 388 g/mol. The summed E-state index contributed by atoms with van der Waals surface area (Å²) in [4.78, 5) is 0. The number of rotatable bonds is 3. The summed E-state index contributed by atoms with van der Waals surface area (Å²) >= 11 is 3.44. The molecule has 2 heterocycles. The van der Waals surface area contributed by atoms with E-state index in [9.17, 15) is 10.4 Å². The van der Waals surface area contributed by atoms with Crippen LogP contribution in [0.1, 0.15) is 36.5 Å². The van der Waals surface area contributed by atoms with Gasteiger partial charge >= 0.3 is 0 Å². The van der Waals surface area contributed by atoms with Gasteiger partial charge in [0.25, 0.3) is 0 Å². The Hall–Kier alpha value is -2.33. The van der Waals surface area contributed by atoms with Gasteiger partial charge in [-0.1, -0.05) is 22.4 Å². The molecule has 1 aromatic carbocycles. The van der Waals surface area contributed by atoms with Crippen LogP contribution in [0.4, 0.5) is 0 Å². The Kier molecular flexibility index (Phi) is 4.86. The van der Waals surface area contributed by atoms with E-state index in [4.69, 9.17) is 4.74 Å². The number of phenolic OH excluding ortho intramolecular Hbond substituents is 1. The molecule has 0 saturated carbocycles. The van der Waals surface area contributed by atoms with Crippen molar-refractivity contribution in [3.63, 3.8) is 0 Å². The van der Waals surface area contributed by atoms with E-state index in [0.717, 1.165) is 42.5 Å². The van der Waals surface area contributed by atoms with Crippen molar-refractivity contribution in [1.82, 2.24) is 14.8 Å². The van der Waals surface area contributed by atoms with Crippen molar-refractivity contribution in [2.45, 2.75) is 32.2 Å². The van der Waals surface area contributed by atoms with Crippen LogP contribution in [-0.2, 0) is 13.0 Å². The first-order valence-corrected chi connectivity index (χ1v) is 8.54. The molecular formula is C17H17BrN4O2. The first-order chi connectivity index (χ1) is 11.6. The number of nitriles is 1. The summed E-state index contributed by atoms with van der Waals surface area (Å²) in [6.45, 7) is 0.825. The van der Waals surface area contributed by atoms with Crippen molar-refractivity contribution < 1.29 is 9.84 Å². The quantitative estimate of drug-likeness (QED) is 0.812. The van der Waals surface area contributed by atoms with Crippen molar-refractivity contribution >= 4 is 27.6 Å². The summed E-state index contributed by atoms with van der Waals surface area (Å²) < 4.78 is 7.83. The molecule has 0 spiro atoms. The van der Waals surface area contributed by atoms with Crippen molar-refractivity contribution in [3.8, 4) is 17.6 Å². The molecule has 0 bridgehead atoms. The topological polar surface area (TPSA) is 84.0 Å². The lowest BCUT2D eigenvalue weighted by molar-refractivity contribution is 0.373. The standard InChI is InChI=1S/C17H17BrN4O2/c1-24-15-9-13(18)11(8-14(15)23)7-12(10-19)17-21-20-16-5-3-2-4-6-22(16)17/h7-9,23H,2-6H2,1H3/b12-7+. The van der Waals surface area contributed by atoms with Crippen molar-refractivity contribution in [2.75, 3.05) is 7.11 Å². The van der Waals surface area contributed by atoms with Gasteiger partial charge in [-0.25, -0.2) is 0 Å². The average Bonchev–Trinajstić information content (AvgIpc) is 2.83. The number of aryl methyl sites for hydroxylation is 1. The Balaban J connectivity index is 2.04. The first-order valence-electron chi connectivity index (χ1n) is 7.74. The molecule has 0 amide bonds. The molecule has 0 saturated heterocycles. The maximum Gasteiger partial charge on any atom is 0.174 e. The number of halogens is 1. The molecule has 1 aliphatic rings. The zero-order chi connectivity index (χ0) is 17.1. The molecule has 0 unspecified atom stereocenters. The summed E-state index contributed by atoms with van der Waals surface area (Å²) in [5.41, 5.74) is 1.09. The molecular weight excluding hydrogens is 372 g/mol. The predicted molar refractivity (Wildman–Crippen MR) is 93.4 cm³/mol. The highest BCUT2D eigenvalue weighted by Gasteiger charge is 2.18. The molecule has 1 aromatic heterocycles. The third-order valence-corrected chi connectivity index (χ3v) is 4.76. The van der Waals surface area contributed by atoms with Crippen molar-refractivity contribution in [3.05, 3.63) is 33.8 Å². The summed E-state index contributed by atoms with van der Waals surface area (Å²) in [6.07, 6.45) is 5.90. The SMILES string of the molecule is COc1cc(Br)c(/C=C(\C#N)c2nnc3n2CCCCC3)cc1O. The third-order valence-electron chi connectivity index (χ3n) is 4.07. The van der Waals surface area contributed by atoms with Crippen LogP contribution in [-0.4, -0.2) is 27.0 Å². The molecule has 0 radical (unpaired) electrons. The molecule has 124 valence electrons. The zero-order valence-corrected chi connectivity index (χ0v) is 14.9. The number of aromatic nitrogens is 3. The van der Waals surface area contributed by atoms with Gasteiger partial charge in [-0.15, -0.1) is 10.2 Å². The Bertz CT molecular complexity index is 836. The van der Waals surface area contributed by atoms with E-state index < -0.39 is 0 Å². The number of aromatic hydroxyl groups is 1. The molecule has 3 rings (SSSR count). The minimum absolute atomic E-state index is 0.0179. The van der Waals surface area contributed by atoms with Crippen LogP contribution in [0.25, 0.3) is 11.6 Å². The molecule has 0 aliphatic carbocycles. The molecule has 1 N–H and O–H groups in total. The number of phenols is 1. The number of nitrogens with zero attached hydrogens (tertiary/aromatic N) is 4. The van der Waals surface area contributed by atoms with Gasteiger partial charge in [0.2, 0.25) is 0 Å². The Morgan fingerprint density at radius 3 is 2.96 bits per heavy atom. The molecule has 7 heteroatoms. The highest BCUT2D eigenvalue weighted by molar-refractivity contribution is 9.10. The van der Waals surface area contributed by atoms with Gasteiger partial charge in [0.05, 0.1) is 12.7 Å². The van der Waals surface area contributed by atoms with Gasteiger partial charge in [-0.05, 0) is 36.6 Å². The fourth-order valence-electron chi connectivity index (χ4n) is 2.82. The fraction of sp³-hybridized carbons (Fsp3) is 0.353. The number of ether oxygens (including phenoxy) is 1. The van der Waals surface area contributed by atoms with Gasteiger partial charge in [0.15, 0.2) is 17.3 Å². The van der Waals surface area contributed by atoms with Crippen LogP contribution in [0.15, 0.2) is 16.6 Å². The molecule has 6 nitrogen and oxygen atoms in total. The van der Waals surface area contributed by atoms with E-state index in [-0.39, 0.29) is 5.75 Å². The fourth-order valence-corrected chi connectivity index (χ4v) is 3.26. The van der Waals surface area contributed by atoms with E-state index in [2.05, 4.69) is 32.2 Å². The Labute approximate surface area is 148 Å². The van der Waals surface area contributed by atoms with Crippen LogP contribution in [0, 0.1) is 11.3 Å². The number of hydrogen-bond donors (Lipinski definition) is 1. The lowest BCUT2D eigenvalue weighted by atomic mass is 10.1. The van der Waals surface area contributed by atoms with Crippen LogP contribution in [0.5, 0.6) is 11.5 Å². The smallest absolute Gasteiger partial charge is 0.174 e. The van der Waals surface area contributed by atoms with Gasteiger partial charge in [-0.2, -0.15) is 5.26 Å². The summed E-state index contributed by atoms with van der Waals surface area (Å²) in [6, 6.07) is 5.43. The predicted octanol–water partition coefficient (Wildman–Crippen LogP) is 3.55. The summed E-state index contributed by atoms with van der Waals surface area (Å²) in [5.74, 6) is 1.90. The zero-order valence-electron chi connectivity index (χ0n) is 13.3. The number of benzene rings is 1. The Morgan fingerprint density at radius 2 is 2.21 bits per heavy atom. The number of methoxy groups -OCH3 is 1. The lowest BCUT2D eigenvalue weighted by Crippen LogP contribution is -2.05. The highest BCUT2D eigenvalue weighted by Crippen LogP contribution is 2.34. The minimum Gasteiger partial charge on any atom is -0.504 e. The van der Waals surface area contributed by atoms with Crippen LogP contribution in [0.3, 0.4) is 0 Å². The maximum atomic E-state index is 9.97. The molecule has 0 fully saturated rings. The normalized spacial score (nSPS) is 14.6. The second-order valence-corrected chi connectivity index (χ2v) is 6.47. The number of fused-ring (bicyclic) bond motifs is 1. The van der Waals surface area contributed by atoms with E-state index in [1.165, 1.54) is 7.11 Å². The van der Waals surface area contributed by atoms with Crippen molar-refractivity contribution in [2.24, 2.45) is 0 Å². The lowest BCUT2D eigenvalue weighted by Gasteiger charge is -2.08. The minimum atomic E-state index is 0.0179.